The van der Waals surface area contributed by atoms with Crippen molar-refractivity contribution in [2.45, 2.75) is 26.1 Å². The quantitative estimate of drug-likeness (QED) is 0.500. The van der Waals surface area contributed by atoms with Crippen molar-refractivity contribution in [1.82, 2.24) is 0 Å². The fraction of sp³-hybridized carbons (Fsp3) is 0.417. The van der Waals surface area contributed by atoms with Gasteiger partial charge in [0, 0.05) is 18.1 Å². The molecule has 0 heterocycles. The molecule has 0 aromatic heterocycles. The molecule has 14 heavy (non-hydrogen) atoms. The first kappa shape index (κ1) is 11.0. The largest absolute Gasteiger partial charge is 0.305 e. The smallest absolute Gasteiger partial charge is 0.129 e. The van der Waals surface area contributed by atoms with Gasteiger partial charge in [-0.05, 0) is 6.08 Å². The average molecular weight is 203 g/mol. The van der Waals surface area contributed by atoms with Crippen LogP contribution in [0.3, 0.4) is 0 Å². The first-order chi connectivity index (χ1) is 6.49. The molecule has 1 aliphatic carbocycles. The highest BCUT2D eigenvalue weighted by molar-refractivity contribution is 6.83. The Labute approximate surface area is 87.4 Å². The molecule has 1 aliphatic rings. The Balaban J connectivity index is 2.53. The molecule has 1 atom stereocenters. The van der Waals surface area contributed by atoms with E-state index in [1.807, 2.05) is 18.2 Å². The fourth-order valence-electron chi connectivity index (χ4n) is 1.19. The molecule has 1 rings (SSSR count). The molecular formula is C12H17NSi. The van der Waals surface area contributed by atoms with Crippen LogP contribution in [-0.2, 0) is 0 Å². The van der Waals surface area contributed by atoms with Crippen molar-refractivity contribution in [3.63, 3.8) is 0 Å². The van der Waals surface area contributed by atoms with E-state index >= 15 is 0 Å². The van der Waals surface area contributed by atoms with Crippen LogP contribution in [0.5, 0.6) is 0 Å². The molecule has 0 aliphatic heterocycles. The molecule has 0 bridgehead atoms. The Bertz CT molecular complexity index is 334. The summed E-state index contributed by atoms with van der Waals surface area (Å²) in [5.41, 5.74) is 4.00. The summed E-state index contributed by atoms with van der Waals surface area (Å²) in [6.45, 7) is 6.71. The normalized spacial score (nSPS) is 20.5. The van der Waals surface area contributed by atoms with E-state index in [0.717, 1.165) is 6.42 Å². The molecule has 0 aromatic carbocycles. The van der Waals surface area contributed by atoms with E-state index in [0.29, 0.717) is 5.71 Å². The van der Waals surface area contributed by atoms with Crippen LogP contribution in [0.15, 0.2) is 24.3 Å². The topological polar surface area (TPSA) is 23.9 Å². The molecule has 0 spiro atoms. The predicted molar refractivity (Wildman–Crippen MR) is 65.2 cm³/mol. The molecule has 0 saturated heterocycles. The van der Waals surface area contributed by atoms with E-state index in [1.165, 1.54) is 0 Å². The second-order valence-electron chi connectivity index (χ2n) is 4.56. The van der Waals surface area contributed by atoms with Crippen LogP contribution in [0.25, 0.3) is 0 Å². The van der Waals surface area contributed by atoms with Crippen molar-refractivity contribution in [2.75, 3.05) is 0 Å². The van der Waals surface area contributed by atoms with Crippen molar-refractivity contribution in [1.29, 1.82) is 5.41 Å². The highest BCUT2D eigenvalue weighted by Gasteiger charge is 2.11. The summed E-state index contributed by atoms with van der Waals surface area (Å²) in [5, 5.41) is 7.69. The van der Waals surface area contributed by atoms with Gasteiger partial charge in [-0.15, -0.1) is 11.5 Å². The minimum Gasteiger partial charge on any atom is -0.305 e. The second-order valence-corrected chi connectivity index (χ2v) is 9.31. The lowest BCUT2D eigenvalue weighted by Crippen LogP contribution is -2.17. The molecule has 1 nitrogen and oxygen atoms in total. The minimum absolute atomic E-state index is 0.212. The van der Waals surface area contributed by atoms with Gasteiger partial charge in [-0.3, -0.25) is 0 Å². The van der Waals surface area contributed by atoms with Crippen molar-refractivity contribution in [2.24, 2.45) is 5.92 Å². The molecule has 74 valence electrons. The molecular weight excluding hydrogens is 186 g/mol. The summed E-state index contributed by atoms with van der Waals surface area (Å²) in [5.74, 6) is 3.42. The van der Waals surface area contributed by atoms with Crippen molar-refractivity contribution >= 4 is 13.8 Å². The van der Waals surface area contributed by atoms with Gasteiger partial charge in [-0.25, -0.2) is 0 Å². The molecule has 0 aromatic rings. The summed E-state index contributed by atoms with van der Waals surface area (Å²) in [4.78, 5) is 0. The van der Waals surface area contributed by atoms with Gasteiger partial charge >= 0.3 is 0 Å². The highest BCUT2D eigenvalue weighted by atomic mass is 28.3. The fourth-order valence-corrected chi connectivity index (χ4v) is 1.82. The van der Waals surface area contributed by atoms with Crippen LogP contribution in [0.4, 0.5) is 0 Å². The number of allylic oxidation sites excluding steroid dienone is 4. The van der Waals surface area contributed by atoms with Gasteiger partial charge in [0.15, 0.2) is 0 Å². The Morgan fingerprint density at radius 1 is 1.36 bits per heavy atom. The van der Waals surface area contributed by atoms with Crippen molar-refractivity contribution < 1.29 is 0 Å². The van der Waals surface area contributed by atoms with Crippen molar-refractivity contribution in [3.8, 4) is 11.5 Å². The van der Waals surface area contributed by atoms with Gasteiger partial charge in [0.25, 0.3) is 0 Å². The maximum Gasteiger partial charge on any atom is 0.129 e. The Morgan fingerprint density at radius 3 is 2.64 bits per heavy atom. The molecule has 1 unspecified atom stereocenters. The maximum atomic E-state index is 7.69. The summed E-state index contributed by atoms with van der Waals surface area (Å²) in [7, 11) is -1.24. The molecule has 0 fully saturated rings. The van der Waals surface area contributed by atoms with E-state index in [4.69, 9.17) is 5.41 Å². The van der Waals surface area contributed by atoms with Crippen LogP contribution in [0, 0.1) is 22.8 Å². The molecule has 0 saturated carbocycles. The zero-order chi connectivity index (χ0) is 10.6. The maximum absolute atomic E-state index is 7.69. The number of hydrogen-bond donors (Lipinski definition) is 1. The van der Waals surface area contributed by atoms with E-state index in [9.17, 15) is 0 Å². The van der Waals surface area contributed by atoms with E-state index in [1.54, 1.807) is 0 Å². The molecule has 2 heteroatoms. The third kappa shape index (κ3) is 3.76. The first-order valence-electron chi connectivity index (χ1n) is 4.92. The van der Waals surface area contributed by atoms with Gasteiger partial charge in [0.2, 0.25) is 0 Å². The van der Waals surface area contributed by atoms with Crippen molar-refractivity contribution in [3.05, 3.63) is 24.3 Å². The zero-order valence-corrected chi connectivity index (χ0v) is 10.1. The molecule has 0 radical (unpaired) electrons. The summed E-state index contributed by atoms with van der Waals surface area (Å²) >= 11 is 0. The van der Waals surface area contributed by atoms with E-state index in [-0.39, 0.29) is 5.92 Å². The Hall–Kier alpha value is -1.07. The van der Waals surface area contributed by atoms with Gasteiger partial charge in [-0.2, -0.15) is 0 Å². The zero-order valence-electron chi connectivity index (χ0n) is 9.09. The Morgan fingerprint density at radius 2 is 2.07 bits per heavy atom. The molecule has 1 N–H and O–H groups in total. The van der Waals surface area contributed by atoms with Gasteiger partial charge < -0.3 is 5.41 Å². The number of nitrogens with one attached hydrogen (secondary N) is 1. The van der Waals surface area contributed by atoms with Gasteiger partial charge in [0.1, 0.15) is 8.07 Å². The lowest BCUT2D eigenvalue weighted by atomic mass is 9.96. The van der Waals surface area contributed by atoms with E-state index < -0.39 is 8.07 Å². The standard InChI is InChI=1S/C12H17NSi/c1-14(2,3)10-6-8-11-7-4-5-9-12(11)13/h4-5,7,9,11,13H,8H2,1-3H3. The second kappa shape index (κ2) is 4.43. The summed E-state index contributed by atoms with van der Waals surface area (Å²) in [6.07, 6.45) is 8.61. The number of rotatable bonds is 1. The minimum atomic E-state index is -1.24. The third-order valence-corrected chi connectivity index (χ3v) is 2.84. The first-order valence-corrected chi connectivity index (χ1v) is 8.42. The SMILES string of the molecule is C[Si](C)(C)C#CCC1C=CC=CC1=N. The van der Waals surface area contributed by atoms with E-state index in [2.05, 4.69) is 37.2 Å². The van der Waals surface area contributed by atoms with Gasteiger partial charge in [-0.1, -0.05) is 37.9 Å². The van der Waals surface area contributed by atoms with Crippen LogP contribution in [0.1, 0.15) is 6.42 Å². The van der Waals surface area contributed by atoms with Crippen LogP contribution in [-0.4, -0.2) is 13.8 Å². The highest BCUT2D eigenvalue weighted by Crippen LogP contribution is 2.11. The third-order valence-electron chi connectivity index (χ3n) is 1.92. The number of hydrogen-bond acceptors (Lipinski definition) is 1. The summed E-state index contributed by atoms with van der Waals surface area (Å²) < 4.78 is 0. The van der Waals surface area contributed by atoms with Crippen LogP contribution >= 0.6 is 0 Å². The molecule has 0 amide bonds. The lowest BCUT2D eigenvalue weighted by molar-refractivity contribution is 0.894. The lowest BCUT2D eigenvalue weighted by Gasteiger charge is -2.10. The predicted octanol–water partition coefficient (Wildman–Crippen LogP) is 3.02. The summed E-state index contributed by atoms with van der Waals surface area (Å²) in [6, 6.07) is 0. The van der Waals surface area contributed by atoms with Crippen LogP contribution < -0.4 is 0 Å². The van der Waals surface area contributed by atoms with Crippen LogP contribution in [0.2, 0.25) is 19.6 Å². The van der Waals surface area contributed by atoms with Gasteiger partial charge in [0.05, 0.1) is 0 Å². The average Bonchev–Trinajstić information content (AvgIpc) is 2.06. The Kier molecular flexibility index (Phi) is 3.48. The monoisotopic (exact) mass is 203 g/mol.